The number of rotatable bonds is 12. The molecule has 2 aliphatic heterocycles. The number of halogens is 3. The number of carbonyl (C=O) groups excluding carboxylic acids is 1. The summed E-state index contributed by atoms with van der Waals surface area (Å²) in [4.78, 5) is 23.4. The second kappa shape index (κ2) is 18.5. The minimum atomic E-state index is -3.67. The van der Waals surface area contributed by atoms with E-state index < -0.39 is 10.1 Å². The Bertz CT molecular complexity index is 2310. The summed E-state index contributed by atoms with van der Waals surface area (Å²) in [6, 6.07) is 24.3. The first-order valence-electron chi connectivity index (χ1n) is 18.9. The van der Waals surface area contributed by atoms with Crippen molar-refractivity contribution in [1.82, 2.24) is 19.4 Å². The van der Waals surface area contributed by atoms with E-state index in [0.29, 0.717) is 58.7 Å². The zero-order valence-corrected chi connectivity index (χ0v) is 35.2. The molecule has 0 radical (unpaired) electrons. The number of imidazole rings is 1. The Morgan fingerprint density at radius 3 is 2.21 bits per heavy atom. The number of nitrogens with zero attached hydrogens (tertiary/aromatic N) is 4. The number of para-hydroxylation sites is 2. The molecule has 1 amide bonds. The number of likely N-dealkylation sites (tertiary alicyclic amines) is 2. The van der Waals surface area contributed by atoms with Gasteiger partial charge in [-0.1, -0.05) is 53.5 Å². The number of carbonyl (C=O) groups is 1. The normalized spacial score (nSPS) is 17.5. The van der Waals surface area contributed by atoms with Crippen molar-refractivity contribution in [3.63, 3.8) is 0 Å². The van der Waals surface area contributed by atoms with Crippen LogP contribution in [-0.4, -0.2) is 105 Å². The maximum atomic E-state index is 14.0. The van der Waals surface area contributed by atoms with Crippen molar-refractivity contribution < 1.29 is 36.4 Å². The van der Waals surface area contributed by atoms with Crippen LogP contribution in [-0.2, 0) is 22.1 Å². The van der Waals surface area contributed by atoms with Crippen molar-refractivity contribution in [1.29, 1.82) is 0 Å². The topological polar surface area (TPSA) is 135 Å². The first kappa shape index (κ1) is 43.0. The lowest BCUT2D eigenvalue weighted by Gasteiger charge is -2.36. The molecule has 0 saturated carbocycles. The predicted molar refractivity (Wildman–Crippen MR) is 225 cm³/mol. The van der Waals surface area contributed by atoms with Crippen molar-refractivity contribution in [3.8, 4) is 17.2 Å². The quantitative estimate of drug-likeness (QED) is 0.120. The lowest BCUT2D eigenvalue weighted by molar-refractivity contribution is 0.0779. The number of nitrogens with one attached hydrogen (secondary N) is 1. The van der Waals surface area contributed by atoms with E-state index in [9.17, 15) is 17.6 Å². The van der Waals surface area contributed by atoms with E-state index in [1.54, 1.807) is 33.5 Å². The number of benzene rings is 4. The highest BCUT2D eigenvalue weighted by Gasteiger charge is 2.42. The van der Waals surface area contributed by atoms with Crippen molar-refractivity contribution in [2.45, 2.75) is 43.7 Å². The van der Waals surface area contributed by atoms with Crippen LogP contribution in [0.3, 0.4) is 0 Å². The summed E-state index contributed by atoms with van der Waals surface area (Å²) in [7, 11) is 0.965. The Hall–Kier alpha value is -4.60. The number of anilines is 1. The fourth-order valence-corrected chi connectivity index (χ4v) is 8.11. The Balaban J connectivity index is 0.00000107. The molecule has 0 unspecified atom stereocenters. The molecule has 4 aromatic carbocycles. The molecule has 0 bridgehead atoms. The fraction of sp³-hybridized carbons (Fsp3) is 0.381. The maximum absolute atomic E-state index is 14.0. The lowest BCUT2D eigenvalue weighted by Crippen LogP contribution is -2.42. The zero-order chi connectivity index (χ0) is 41.6. The smallest absolute Gasteiger partial charge is 0.261 e. The molecule has 2 saturated heterocycles. The molecule has 1 atom stereocenters. The van der Waals surface area contributed by atoms with E-state index in [1.807, 2.05) is 47.4 Å². The zero-order valence-electron chi connectivity index (χ0n) is 32.9. The number of ether oxygens (including phenoxy) is 3. The molecule has 7 rings (SSSR count). The molecule has 0 aliphatic carbocycles. The van der Waals surface area contributed by atoms with Gasteiger partial charge in [0, 0.05) is 43.2 Å². The molecule has 310 valence electrons. The van der Waals surface area contributed by atoms with Gasteiger partial charge in [0.15, 0.2) is 11.5 Å². The third-order valence-corrected chi connectivity index (χ3v) is 11.6. The Morgan fingerprint density at radius 1 is 0.931 bits per heavy atom. The van der Waals surface area contributed by atoms with Crippen molar-refractivity contribution >= 4 is 56.2 Å². The van der Waals surface area contributed by atoms with Crippen LogP contribution in [0.2, 0.25) is 10.0 Å². The van der Waals surface area contributed by atoms with Gasteiger partial charge >= 0.3 is 0 Å². The summed E-state index contributed by atoms with van der Waals surface area (Å²) >= 11 is 12.9. The van der Waals surface area contributed by atoms with Crippen LogP contribution in [0.1, 0.15) is 47.2 Å². The molecule has 1 aromatic heterocycles. The maximum Gasteiger partial charge on any atom is 0.261 e. The van der Waals surface area contributed by atoms with Crippen LogP contribution in [0.5, 0.6) is 17.2 Å². The Labute approximate surface area is 348 Å². The number of fused-ring (bicyclic) bond motifs is 1. The summed E-state index contributed by atoms with van der Waals surface area (Å²) in [5, 5.41) is 4.76. The monoisotopic (exact) mass is 855 g/mol. The summed E-state index contributed by atoms with van der Waals surface area (Å²) < 4.78 is 58.2. The summed E-state index contributed by atoms with van der Waals surface area (Å²) in [5.74, 6) is 1.81. The van der Waals surface area contributed by atoms with Crippen molar-refractivity contribution in [3.05, 3.63) is 111 Å². The first-order valence-corrected chi connectivity index (χ1v) is 21.5. The predicted octanol–water partition coefficient (Wildman–Crippen LogP) is 7.81. The molecule has 12 nitrogen and oxygen atoms in total. The van der Waals surface area contributed by atoms with Gasteiger partial charge in [-0.3, -0.25) is 9.35 Å². The molecule has 2 aliphatic rings. The molecule has 2 N–H and O–H groups in total. The van der Waals surface area contributed by atoms with Crippen molar-refractivity contribution in [2.24, 2.45) is 0 Å². The molecule has 0 spiro atoms. The van der Waals surface area contributed by atoms with E-state index in [4.69, 9.17) is 46.9 Å². The summed E-state index contributed by atoms with van der Waals surface area (Å²) in [6.07, 6.45) is 4.29. The SMILES string of the molecule is COc1cc(C(=O)N2CC[C@@](CCN3CCC(Nc4nc5ccccc5n4Cc4ccc(F)cc4)CC3)(c3ccc(Cl)c(Cl)c3)C2)cc(OC)c1OC.CS(=O)(=O)O. The molecule has 16 heteroatoms. The van der Waals surface area contributed by atoms with Gasteiger partial charge in [-0.25, -0.2) is 9.37 Å². The van der Waals surface area contributed by atoms with Crippen molar-refractivity contribution in [2.75, 3.05) is 65.6 Å². The Morgan fingerprint density at radius 2 is 1.59 bits per heavy atom. The second-order valence-corrected chi connectivity index (χ2v) is 17.0. The van der Waals surface area contributed by atoms with Gasteiger partial charge in [-0.05, 0) is 91.9 Å². The first-order chi connectivity index (χ1) is 27.7. The van der Waals surface area contributed by atoms with E-state index in [0.717, 1.165) is 73.4 Å². The van der Waals surface area contributed by atoms with Crippen LogP contribution in [0, 0.1) is 5.82 Å². The van der Waals surface area contributed by atoms with E-state index in [1.165, 1.54) is 12.1 Å². The van der Waals surface area contributed by atoms with Crippen LogP contribution in [0.4, 0.5) is 10.3 Å². The van der Waals surface area contributed by atoms with Gasteiger partial charge in [0.25, 0.3) is 16.0 Å². The average Bonchev–Trinajstić information content (AvgIpc) is 3.80. The lowest BCUT2D eigenvalue weighted by atomic mass is 9.76. The minimum absolute atomic E-state index is 0.0940. The summed E-state index contributed by atoms with van der Waals surface area (Å²) in [6.45, 7) is 4.48. The van der Waals surface area contributed by atoms with E-state index >= 15 is 0 Å². The fourth-order valence-electron chi connectivity index (χ4n) is 7.82. The number of piperidine rings is 1. The van der Waals surface area contributed by atoms with Crippen LogP contribution in [0.15, 0.2) is 78.9 Å². The van der Waals surface area contributed by atoms with Gasteiger partial charge < -0.3 is 33.9 Å². The van der Waals surface area contributed by atoms with Gasteiger partial charge in [0.1, 0.15) is 5.82 Å². The van der Waals surface area contributed by atoms with Gasteiger partial charge in [-0.2, -0.15) is 8.42 Å². The Kier molecular flexibility index (Phi) is 13.7. The number of hydrogen-bond acceptors (Lipinski definition) is 9. The highest BCUT2D eigenvalue weighted by Crippen LogP contribution is 2.43. The standard InChI is InChI=1S/C41H44Cl2FN5O4.CH4O3S/c1-51-36-22-28(23-37(52-2)38(36)53-3)39(50)48-21-17-41(26-48,29-10-13-32(42)33(43)24-29)16-20-47-18-14-31(15-19-47)45-40-46-34-6-4-5-7-35(34)49(40)25-27-8-11-30(44)12-9-27;1-5(2,3)4/h4-13,22-24,31H,14-21,25-26H2,1-3H3,(H,45,46);1H3,(H,2,3,4)/t41-;/m1./s1. The average molecular weight is 857 g/mol. The molecule has 2 fully saturated rings. The largest absolute Gasteiger partial charge is 0.493 e. The molecule has 3 heterocycles. The molecule has 58 heavy (non-hydrogen) atoms. The highest BCUT2D eigenvalue weighted by atomic mass is 35.5. The van der Waals surface area contributed by atoms with Gasteiger partial charge in [0.05, 0.1) is 55.2 Å². The second-order valence-electron chi connectivity index (χ2n) is 14.7. The molecule has 5 aromatic rings. The van der Waals surface area contributed by atoms with E-state index in [2.05, 4.69) is 26.9 Å². The molecular weight excluding hydrogens is 808 g/mol. The minimum Gasteiger partial charge on any atom is -0.493 e. The van der Waals surface area contributed by atoms with E-state index in [-0.39, 0.29) is 23.2 Å². The van der Waals surface area contributed by atoms with Crippen LogP contribution in [0.25, 0.3) is 11.0 Å². The van der Waals surface area contributed by atoms with Crippen LogP contribution < -0.4 is 19.5 Å². The summed E-state index contributed by atoms with van der Waals surface area (Å²) in [5.41, 5.74) is 4.24. The number of aromatic nitrogens is 2. The number of amides is 1. The van der Waals surface area contributed by atoms with Gasteiger partial charge in [-0.15, -0.1) is 0 Å². The number of hydrogen-bond donors (Lipinski definition) is 2. The third kappa shape index (κ3) is 10.3. The highest BCUT2D eigenvalue weighted by molar-refractivity contribution is 7.85. The third-order valence-electron chi connectivity index (χ3n) is 10.8. The molecular formula is C42H48Cl2FN5O7S. The van der Waals surface area contributed by atoms with Gasteiger partial charge in [0.2, 0.25) is 11.7 Å². The number of methoxy groups -OCH3 is 3. The van der Waals surface area contributed by atoms with Crippen LogP contribution >= 0.6 is 23.2 Å².